The van der Waals surface area contributed by atoms with Crippen LogP contribution in [0.4, 0.5) is 0 Å². The van der Waals surface area contributed by atoms with E-state index >= 15 is 0 Å². The molecule has 0 aliphatic carbocycles. The predicted octanol–water partition coefficient (Wildman–Crippen LogP) is 2.07. The first-order chi connectivity index (χ1) is 13.6. The second-order valence-electron chi connectivity index (χ2n) is 5.78. The summed E-state index contributed by atoms with van der Waals surface area (Å²) >= 11 is 6.42. The molecule has 0 bridgehead atoms. The van der Waals surface area contributed by atoms with Gasteiger partial charge in [-0.15, -0.1) is 0 Å². The van der Waals surface area contributed by atoms with E-state index in [4.69, 9.17) is 31.5 Å². The van der Waals surface area contributed by atoms with E-state index < -0.39 is 11.9 Å². The SMILES string of the molecule is CCOC(=O)C1=C(COCCN)NC(C=C=O)=C(OC)C1c1ccccc1Cl. The van der Waals surface area contributed by atoms with E-state index in [1.165, 1.54) is 13.2 Å². The Morgan fingerprint density at radius 3 is 2.75 bits per heavy atom. The van der Waals surface area contributed by atoms with Crippen molar-refractivity contribution in [3.63, 3.8) is 0 Å². The number of dihydropyridines is 1. The summed E-state index contributed by atoms with van der Waals surface area (Å²) in [7, 11) is 1.46. The highest BCUT2D eigenvalue weighted by Gasteiger charge is 2.37. The molecular formula is C20H23ClN2O5. The van der Waals surface area contributed by atoms with E-state index in [1.54, 1.807) is 37.1 Å². The number of allylic oxidation sites excluding steroid dienone is 2. The molecule has 1 aromatic carbocycles. The second kappa shape index (κ2) is 10.7. The molecular weight excluding hydrogens is 384 g/mol. The van der Waals surface area contributed by atoms with E-state index in [0.29, 0.717) is 46.5 Å². The van der Waals surface area contributed by atoms with Gasteiger partial charge in [0.1, 0.15) is 11.7 Å². The smallest absolute Gasteiger partial charge is 0.336 e. The zero-order chi connectivity index (χ0) is 20.5. The van der Waals surface area contributed by atoms with Gasteiger partial charge in [-0.2, -0.15) is 0 Å². The van der Waals surface area contributed by atoms with E-state index in [-0.39, 0.29) is 13.2 Å². The maximum atomic E-state index is 12.9. The van der Waals surface area contributed by atoms with Crippen LogP contribution in [0.25, 0.3) is 0 Å². The molecule has 0 aromatic heterocycles. The van der Waals surface area contributed by atoms with Crippen LogP contribution in [0.2, 0.25) is 5.02 Å². The maximum absolute atomic E-state index is 12.9. The van der Waals surface area contributed by atoms with Crippen molar-refractivity contribution in [1.82, 2.24) is 5.32 Å². The van der Waals surface area contributed by atoms with Gasteiger partial charge in [-0.25, -0.2) is 9.59 Å². The predicted molar refractivity (Wildman–Crippen MR) is 105 cm³/mol. The van der Waals surface area contributed by atoms with Crippen LogP contribution in [0.5, 0.6) is 0 Å². The molecule has 0 saturated carbocycles. The van der Waals surface area contributed by atoms with E-state index in [1.807, 2.05) is 0 Å². The summed E-state index contributed by atoms with van der Waals surface area (Å²) in [5.41, 5.74) is 7.23. The summed E-state index contributed by atoms with van der Waals surface area (Å²) in [6.07, 6.45) is 1.20. The lowest BCUT2D eigenvalue weighted by Gasteiger charge is -2.31. The van der Waals surface area contributed by atoms with Gasteiger partial charge in [0.25, 0.3) is 0 Å². The zero-order valence-corrected chi connectivity index (χ0v) is 16.5. The molecule has 2 rings (SSSR count). The molecule has 0 saturated heterocycles. The molecule has 1 heterocycles. The number of esters is 1. The minimum atomic E-state index is -0.685. The van der Waals surface area contributed by atoms with Crippen molar-refractivity contribution >= 4 is 23.5 Å². The van der Waals surface area contributed by atoms with Crippen LogP contribution in [-0.2, 0) is 23.8 Å². The van der Waals surface area contributed by atoms with Crippen LogP contribution in [0.3, 0.4) is 0 Å². The van der Waals surface area contributed by atoms with Crippen molar-refractivity contribution in [1.29, 1.82) is 0 Å². The Labute approximate surface area is 168 Å². The molecule has 28 heavy (non-hydrogen) atoms. The highest BCUT2D eigenvalue weighted by atomic mass is 35.5. The van der Waals surface area contributed by atoms with Gasteiger partial charge in [0.2, 0.25) is 0 Å². The van der Waals surface area contributed by atoms with Crippen molar-refractivity contribution in [3.8, 4) is 0 Å². The van der Waals surface area contributed by atoms with Crippen LogP contribution in [0.15, 0.2) is 53.1 Å². The number of nitrogens with one attached hydrogen (secondary N) is 1. The van der Waals surface area contributed by atoms with Gasteiger partial charge < -0.3 is 25.3 Å². The number of carbonyl (C=O) groups excluding carboxylic acids is 2. The molecule has 1 unspecified atom stereocenters. The van der Waals surface area contributed by atoms with Gasteiger partial charge in [0, 0.05) is 17.6 Å². The standard InChI is InChI=1S/C20H23ClN2O5/c1-3-28-20(25)18-16(12-27-11-9-22)23-15(8-10-24)19(26-2)17(18)13-6-4-5-7-14(13)21/h4-8,17,23H,3,9,11-12,22H2,1-2H3. The van der Waals surface area contributed by atoms with Crippen molar-refractivity contribution in [2.75, 3.05) is 33.5 Å². The molecule has 1 aliphatic heterocycles. The Balaban J connectivity index is 2.69. The summed E-state index contributed by atoms with van der Waals surface area (Å²) in [5.74, 6) is 0.869. The first-order valence-corrected chi connectivity index (χ1v) is 9.15. The van der Waals surface area contributed by atoms with Crippen LogP contribution < -0.4 is 11.1 Å². The summed E-state index contributed by atoms with van der Waals surface area (Å²) in [4.78, 5) is 23.9. The Hall–Kier alpha value is -2.57. The third-order valence-electron chi connectivity index (χ3n) is 4.07. The van der Waals surface area contributed by atoms with E-state index in [2.05, 4.69) is 5.32 Å². The average molecular weight is 407 g/mol. The molecule has 0 spiro atoms. The number of rotatable bonds is 9. The Morgan fingerprint density at radius 2 is 2.14 bits per heavy atom. The van der Waals surface area contributed by atoms with Gasteiger partial charge in [-0.05, 0) is 18.6 Å². The minimum absolute atomic E-state index is 0.0689. The van der Waals surface area contributed by atoms with Gasteiger partial charge in [0.15, 0.2) is 0 Å². The third kappa shape index (κ3) is 4.82. The maximum Gasteiger partial charge on any atom is 0.336 e. The summed E-state index contributed by atoms with van der Waals surface area (Å²) in [6.45, 7) is 2.62. The summed E-state index contributed by atoms with van der Waals surface area (Å²) < 4.78 is 16.4. The molecule has 1 atom stereocenters. The summed E-state index contributed by atoms with van der Waals surface area (Å²) in [5, 5.41) is 3.48. The fourth-order valence-corrected chi connectivity index (χ4v) is 3.22. The van der Waals surface area contributed by atoms with Crippen LogP contribution >= 0.6 is 11.6 Å². The number of halogens is 1. The number of carbonyl (C=O) groups is 1. The monoisotopic (exact) mass is 406 g/mol. The molecule has 7 nitrogen and oxygen atoms in total. The Bertz CT molecular complexity index is 828. The first kappa shape index (κ1) is 21.7. The fourth-order valence-electron chi connectivity index (χ4n) is 2.97. The first-order valence-electron chi connectivity index (χ1n) is 8.77. The quantitative estimate of drug-likeness (QED) is 0.368. The van der Waals surface area contributed by atoms with Gasteiger partial charge in [-0.3, -0.25) is 0 Å². The molecule has 0 fully saturated rings. The van der Waals surface area contributed by atoms with Crippen molar-refractivity contribution in [3.05, 3.63) is 63.7 Å². The minimum Gasteiger partial charge on any atom is -0.498 e. The number of ether oxygens (including phenoxy) is 3. The molecule has 0 amide bonds. The van der Waals surface area contributed by atoms with Gasteiger partial charge in [-0.1, -0.05) is 29.8 Å². The molecule has 150 valence electrons. The van der Waals surface area contributed by atoms with E-state index in [0.717, 1.165) is 0 Å². The fraction of sp³-hybridized carbons (Fsp3) is 0.350. The second-order valence-corrected chi connectivity index (χ2v) is 6.18. The van der Waals surface area contributed by atoms with Crippen LogP contribution in [-0.4, -0.2) is 45.4 Å². The highest BCUT2D eigenvalue weighted by Crippen LogP contribution is 2.41. The average Bonchev–Trinajstić information content (AvgIpc) is 2.68. The molecule has 1 aliphatic rings. The number of benzene rings is 1. The Kier molecular flexibility index (Phi) is 8.29. The largest absolute Gasteiger partial charge is 0.498 e. The van der Waals surface area contributed by atoms with E-state index in [9.17, 15) is 9.59 Å². The number of hydrogen-bond acceptors (Lipinski definition) is 7. The lowest BCUT2D eigenvalue weighted by molar-refractivity contribution is -0.139. The lowest BCUT2D eigenvalue weighted by Crippen LogP contribution is -2.33. The van der Waals surface area contributed by atoms with Crippen molar-refractivity contribution in [2.24, 2.45) is 5.73 Å². The Morgan fingerprint density at radius 1 is 1.39 bits per heavy atom. The summed E-state index contributed by atoms with van der Waals surface area (Å²) in [6, 6.07) is 7.10. The lowest BCUT2D eigenvalue weighted by atomic mass is 9.84. The zero-order valence-electron chi connectivity index (χ0n) is 15.8. The van der Waals surface area contributed by atoms with Crippen LogP contribution in [0.1, 0.15) is 18.4 Å². The van der Waals surface area contributed by atoms with Gasteiger partial charge in [0.05, 0.1) is 49.8 Å². The number of methoxy groups -OCH3 is 1. The molecule has 1 aromatic rings. The topological polar surface area (TPSA) is 99.9 Å². The van der Waals surface area contributed by atoms with Crippen molar-refractivity contribution < 1.29 is 23.8 Å². The normalized spacial score (nSPS) is 16.4. The molecule has 0 radical (unpaired) electrons. The molecule has 3 N–H and O–H groups in total. The number of hydrogen-bond donors (Lipinski definition) is 2. The van der Waals surface area contributed by atoms with Crippen LogP contribution in [0, 0.1) is 0 Å². The third-order valence-corrected chi connectivity index (χ3v) is 4.41. The highest BCUT2D eigenvalue weighted by molar-refractivity contribution is 6.31. The van der Waals surface area contributed by atoms with Gasteiger partial charge >= 0.3 is 5.97 Å². The number of nitrogens with two attached hydrogens (primary N) is 1. The van der Waals surface area contributed by atoms with Crippen molar-refractivity contribution in [2.45, 2.75) is 12.8 Å². The molecule has 8 heteroatoms.